The first-order valence-electron chi connectivity index (χ1n) is 7.17. The smallest absolute Gasteiger partial charge is 0.314 e. The highest BCUT2D eigenvalue weighted by atomic mass is 35.5. The minimum Gasteiger partial charge on any atom is -0.314 e. The molecule has 1 fully saturated rings. The zero-order valence-corrected chi connectivity index (χ0v) is 13.2. The predicted octanol–water partition coefficient (Wildman–Crippen LogP) is 2.92. The third kappa shape index (κ3) is 4.25. The van der Waals surface area contributed by atoms with Crippen LogP contribution in [0.5, 0.6) is 0 Å². The third-order valence-corrected chi connectivity index (χ3v) is 3.82. The summed E-state index contributed by atoms with van der Waals surface area (Å²) in [6, 6.07) is 5.17. The van der Waals surface area contributed by atoms with E-state index < -0.39 is 11.7 Å². The van der Waals surface area contributed by atoms with Gasteiger partial charge in [-0.05, 0) is 17.7 Å². The number of halogens is 4. The molecule has 23 heavy (non-hydrogen) atoms. The summed E-state index contributed by atoms with van der Waals surface area (Å²) >= 11 is 0. The summed E-state index contributed by atoms with van der Waals surface area (Å²) < 4.78 is 37.9. The van der Waals surface area contributed by atoms with Crippen LogP contribution in [0.15, 0.2) is 30.5 Å². The van der Waals surface area contributed by atoms with E-state index in [1.165, 1.54) is 12.1 Å². The molecular weight excluding hydrogens is 329 g/mol. The Balaban J connectivity index is 0.00000192. The number of aromatic amines is 1. The first-order chi connectivity index (χ1) is 10.5. The Labute approximate surface area is 138 Å². The highest BCUT2D eigenvalue weighted by molar-refractivity contribution is 5.85. The lowest BCUT2D eigenvalue weighted by atomic mass is 10.1. The number of nitrogens with one attached hydrogen (secondary N) is 2. The fourth-order valence-electron chi connectivity index (χ4n) is 2.62. The molecule has 0 saturated carbocycles. The summed E-state index contributed by atoms with van der Waals surface area (Å²) in [7, 11) is 0. The van der Waals surface area contributed by atoms with E-state index in [0.717, 1.165) is 61.7 Å². The average molecular weight is 347 g/mol. The third-order valence-electron chi connectivity index (χ3n) is 3.82. The van der Waals surface area contributed by atoms with E-state index in [-0.39, 0.29) is 12.4 Å². The van der Waals surface area contributed by atoms with Crippen molar-refractivity contribution in [2.45, 2.75) is 12.7 Å². The molecule has 8 heteroatoms. The average Bonchev–Trinajstić information content (AvgIpc) is 2.96. The SMILES string of the molecule is Cl.FC(F)(F)c1ccc(-c2[nH]ncc2CN2CCNCC2)cc1. The summed E-state index contributed by atoms with van der Waals surface area (Å²) in [5.41, 5.74) is 1.86. The summed E-state index contributed by atoms with van der Waals surface area (Å²) in [4.78, 5) is 2.30. The minimum absolute atomic E-state index is 0. The number of H-pyrrole nitrogens is 1. The molecule has 0 bridgehead atoms. The topological polar surface area (TPSA) is 44.0 Å². The summed E-state index contributed by atoms with van der Waals surface area (Å²) in [5.74, 6) is 0. The van der Waals surface area contributed by atoms with Crippen molar-refractivity contribution in [3.63, 3.8) is 0 Å². The van der Waals surface area contributed by atoms with Gasteiger partial charge in [0.15, 0.2) is 0 Å². The van der Waals surface area contributed by atoms with E-state index in [0.29, 0.717) is 0 Å². The van der Waals surface area contributed by atoms with Gasteiger partial charge in [0.1, 0.15) is 0 Å². The van der Waals surface area contributed by atoms with Crippen LogP contribution in [0, 0.1) is 0 Å². The lowest BCUT2D eigenvalue weighted by Gasteiger charge is -2.27. The lowest BCUT2D eigenvalue weighted by molar-refractivity contribution is -0.137. The number of aromatic nitrogens is 2. The number of piperazine rings is 1. The van der Waals surface area contributed by atoms with Gasteiger partial charge < -0.3 is 5.32 Å². The molecule has 4 nitrogen and oxygen atoms in total. The normalized spacial score (nSPS) is 16.1. The van der Waals surface area contributed by atoms with Crippen LogP contribution in [0.2, 0.25) is 0 Å². The summed E-state index contributed by atoms with van der Waals surface area (Å²) in [6.07, 6.45) is -2.56. The van der Waals surface area contributed by atoms with Gasteiger partial charge in [-0.3, -0.25) is 10.00 Å². The van der Waals surface area contributed by atoms with Gasteiger partial charge >= 0.3 is 6.18 Å². The molecule has 0 amide bonds. The number of alkyl halides is 3. The predicted molar refractivity (Wildman–Crippen MR) is 84.4 cm³/mol. The lowest BCUT2D eigenvalue weighted by Crippen LogP contribution is -2.42. The fraction of sp³-hybridized carbons (Fsp3) is 0.400. The van der Waals surface area contributed by atoms with Gasteiger partial charge in [-0.25, -0.2) is 0 Å². The summed E-state index contributed by atoms with van der Waals surface area (Å²) in [5, 5.41) is 10.2. The molecule has 3 rings (SSSR count). The zero-order valence-electron chi connectivity index (χ0n) is 12.4. The minimum atomic E-state index is -4.31. The van der Waals surface area contributed by atoms with Gasteiger partial charge in [-0.2, -0.15) is 18.3 Å². The molecule has 1 aliphatic heterocycles. The van der Waals surface area contributed by atoms with Gasteiger partial charge in [-0.15, -0.1) is 12.4 Å². The largest absolute Gasteiger partial charge is 0.416 e. The van der Waals surface area contributed by atoms with Crippen LogP contribution >= 0.6 is 12.4 Å². The van der Waals surface area contributed by atoms with E-state index in [9.17, 15) is 13.2 Å². The van der Waals surface area contributed by atoms with Crippen molar-refractivity contribution in [1.29, 1.82) is 0 Å². The van der Waals surface area contributed by atoms with Crippen LogP contribution < -0.4 is 5.32 Å². The molecule has 0 atom stereocenters. The zero-order chi connectivity index (χ0) is 15.6. The second-order valence-corrected chi connectivity index (χ2v) is 5.37. The maximum atomic E-state index is 12.6. The van der Waals surface area contributed by atoms with Crippen molar-refractivity contribution in [1.82, 2.24) is 20.4 Å². The van der Waals surface area contributed by atoms with Crippen molar-refractivity contribution in [3.05, 3.63) is 41.6 Å². The molecule has 1 saturated heterocycles. The van der Waals surface area contributed by atoms with E-state index >= 15 is 0 Å². The highest BCUT2D eigenvalue weighted by Gasteiger charge is 2.30. The van der Waals surface area contributed by atoms with Gasteiger partial charge in [0, 0.05) is 38.3 Å². The van der Waals surface area contributed by atoms with Crippen LogP contribution in [0.3, 0.4) is 0 Å². The van der Waals surface area contributed by atoms with Gasteiger partial charge in [0.05, 0.1) is 17.5 Å². The first kappa shape index (κ1) is 17.8. The Kier molecular flexibility index (Phi) is 5.67. The van der Waals surface area contributed by atoms with E-state index in [2.05, 4.69) is 20.4 Å². The molecule has 1 aromatic carbocycles. The van der Waals surface area contributed by atoms with Crippen LogP contribution in [0.25, 0.3) is 11.3 Å². The molecule has 0 radical (unpaired) electrons. The standard InChI is InChI=1S/C15H17F3N4.ClH/c16-15(17,18)13-3-1-11(2-4-13)14-12(9-20-21-14)10-22-7-5-19-6-8-22;/h1-4,9,19H,5-8,10H2,(H,20,21);1H. The first-order valence-corrected chi connectivity index (χ1v) is 7.17. The van der Waals surface area contributed by atoms with Crippen molar-refractivity contribution in [3.8, 4) is 11.3 Å². The second-order valence-electron chi connectivity index (χ2n) is 5.37. The molecule has 0 unspecified atom stereocenters. The number of nitrogens with zero attached hydrogens (tertiary/aromatic N) is 2. The maximum absolute atomic E-state index is 12.6. The Morgan fingerprint density at radius 3 is 2.35 bits per heavy atom. The van der Waals surface area contributed by atoms with Crippen LogP contribution in [-0.2, 0) is 12.7 Å². The van der Waals surface area contributed by atoms with Crippen molar-refractivity contribution < 1.29 is 13.2 Å². The van der Waals surface area contributed by atoms with E-state index in [1.807, 2.05) is 0 Å². The number of hydrogen-bond donors (Lipinski definition) is 2. The van der Waals surface area contributed by atoms with Gasteiger partial charge in [-0.1, -0.05) is 12.1 Å². The molecule has 0 spiro atoms. The Morgan fingerprint density at radius 1 is 1.09 bits per heavy atom. The quantitative estimate of drug-likeness (QED) is 0.898. The monoisotopic (exact) mass is 346 g/mol. The van der Waals surface area contributed by atoms with Crippen LogP contribution in [-0.4, -0.2) is 41.3 Å². The number of hydrogen-bond acceptors (Lipinski definition) is 3. The number of rotatable bonds is 3. The molecule has 1 aromatic heterocycles. The molecule has 1 aliphatic rings. The highest BCUT2D eigenvalue weighted by Crippen LogP contribution is 2.31. The molecule has 2 heterocycles. The van der Waals surface area contributed by atoms with Crippen molar-refractivity contribution in [2.24, 2.45) is 0 Å². The Bertz CT molecular complexity index is 618. The van der Waals surface area contributed by atoms with E-state index in [4.69, 9.17) is 0 Å². The van der Waals surface area contributed by atoms with Gasteiger partial charge in [0.2, 0.25) is 0 Å². The molecule has 2 aromatic rings. The second kappa shape index (κ2) is 7.33. The van der Waals surface area contributed by atoms with Crippen molar-refractivity contribution in [2.75, 3.05) is 26.2 Å². The Morgan fingerprint density at radius 2 is 1.74 bits per heavy atom. The molecule has 2 N–H and O–H groups in total. The fourth-order valence-corrected chi connectivity index (χ4v) is 2.62. The molecule has 0 aliphatic carbocycles. The van der Waals surface area contributed by atoms with Gasteiger partial charge in [0.25, 0.3) is 0 Å². The van der Waals surface area contributed by atoms with Crippen LogP contribution in [0.1, 0.15) is 11.1 Å². The van der Waals surface area contributed by atoms with E-state index in [1.54, 1.807) is 6.20 Å². The van der Waals surface area contributed by atoms with Crippen molar-refractivity contribution >= 4 is 12.4 Å². The Hall–Kier alpha value is -1.57. The maximum Gasteiger partial charge on any atom is 0.416 e. The molecule has 126 valence electrons. The van der Waals surface area contributed by atoms with Crippen LogP contribution in [0.4, 0.5) is 13.2 Å². The molecular formula is C15H18ClF3N4. The number of benzene rings is 1. The summed E-state index contributed by atoms with van der Waals surface area (Å²) in [6.45, 7) is 4.56.